The molecule has 0 aromatic carbocycles. The van der Waals surface area contributed by atoms with Crippen molar-refractivity contribution in [2.24, 2.45) is 17.3 Å². The molecular weight excluding hydrogens is 206 g/mol. The van der Waals surface area contributed by atoms with Gasteiger partial charge in [0.1, 0.15) is 5.70 Å². The first-order valence-corrected chi connectivity index (χ1v) is 5.48. The van der Waals surface area contributed by atoms with Gasteiger partial charge < -0.3 is 10.4 Å². The van der Waals surface area contributed by atoms with Crippen LogP contribution in [0, 0.1) is 17.3 Å². The molecule has 0 spiro atoms. The molecule has 16 heavy (non-hydrogen) atoms. The van der Waals surface area contributed by atoms with Crippen LogP contribution in [0.1, 0.15) is 34.1 Å². The first-order valence-electron chi connectivity index (χ1n) is 5.48. The molecule has 0 aliphatic heterocycles. The van der Waals surface area contributed by atoms with Crippen molar-refractivity contribution in [2.45, 2.75) is 34.1 Å². The van der Waals surface area contributed by atoms with Crippen LogP contribution >= 0.6 is 0 Å². The Hall–Kier alpha value is -1.32. The lowest BCUT2D eigenvalue weighted by Gasteiger charge is -2.17. The van der Waals surface area contributed by atoms with Gasteiger partial charge in [-0.2, -0.15) is 0 Å². The van der Waals surface area contributed by atoms with Gasteiger partial charge in [-0.25, -0.2) is 4.79 Å². The molecule has 2 atom stereocenters. The predicted octanol–water partition coefficient (Wildman–Crippen LogP) is 1.77. The van der Waals surface area contributed by atoms with E-state index in [0.29, 0.717) is 5.92 Å². The van der Waals surface area contributed by atoms with Gasteiger partial charge in [0, 0.05) is 5.92 Å². The van der Waals surface area contributed by atoms with E-state index >= 15 is 0 Å². The fourth-order valence-corrected chi connectivity index (χ4v) is 1.92. The average Bonchev–Trinajstić information content (AvgIpc) is 2.91. The van der Waals surface area contributed by atoms with Gasteiger partial charge in [0.25, 0.3) is 0 Å². The largest absolute Gasteiger partial charge is 0.477 e. The highest BCUT2D eigenvalue weighted by Crippen LogP contribution is 2.50. The fourth-order valence-electron chi connectivity index (χ4n) is 1.92. The van der Waals surface area contributed by atoms with Crippen LogP contribution in [0.2, 0.25) is 0 Å². The van der Waals surface area contributed by atoms with Crippen LogP contribution in [0.5, 0.6) is 0 Å². The third-order valence-electron chi connectivity index (χ3n) is 3.02. The molecule has 0 aromatic heterocycles. The Morgan fingerprint density at radius 1 is 1.38 bits per heavy atom. The van der Waals surface area contributed by atoms with E-state index in [0.717, 1.165) is 6.42 Å². The molecule has 90 valence electrons. The molecule has 1 fully saturated rings. The molecule has 4 nitrogen and oxygen atoms in total. The van der Waals surface area contributed by atoms with E-state index in [1.807, 2.05) is 0 Å². The van der Waals surface area contributed by atoms with Crippen molar-refractivity contribution in [2.75, 3.05) is 0 Å². The summed E-state index contributed by atoms with van der Waals surface area (Å²) >= 11 is 0. The van der Waals surface area contributed by atoms with Crippen LogP contribution in [-0.4, -0.2) is 17.0 Å². The lowest BCUT2D eigenvalue weighted by Crippen LogP contribution is -2.30. The van der Waals surface area contributed by atoms with Gasteiger partial charge in [-0.05, 0) is 24.7 Å². The molecule has 1 rings (SSSR count). The summed E-state index contributed by atoms with van der Waals surface area (Å²) in [5.41, 5.74) is 0.0750. The van der Waals surface area contributed by atoms with Crippen molar-refractivity contribution in [3.05, 3.63) is 11.8 Å². The lowest BCUT2D eigenvalue weighted by atomic mass is 9.89. The summed E-state index contributed by atoms with van der Waals surface area (Å²) in [6, 6.07) is 0. The summed E-state index contributed by atoms with van der Waals surface area (Å²) in [5.74, 6) is -0.937. The Balaban J connectivity index is 2.54. The smallest absolute Gasteiger partial charge is 0.352 e. The Kier molecular flexibility index (Phi) is 3.41. The van der Waals surface area contributed by atoms with Crippen LogP contribution < -0.4 is 5.32 Å². The highest BCUT2D eigenvalue weighted by Gasteiger charge is 2.49. The van der Waals surface area contributed by atoms with Gasteiger partial charge in [0.05, 0.1) is 0 Å². The van der Waals surface area contributed by atoms with Crippen molar-refractivity contribution >= 4 is 11.9 Å². The summed E-state index contributed by atoms with van der Waals surface area (Å²) in [6.07, 6.45) is 2.25. The Morgan fingerprint density at radius 2 is 1.94 bits per heavy atom. The van der Waals surface area contributed by atoms with Crippen LogP contribution in [0.15, 0.2) is 11.8 Å². The fraction of sp³-hybridized carbons (Fsp3) is 0.667. The molecule has 1 amide bonds. The Morgan fingerprint density at radius 3 is 2.25 bits per heavy atom. The van der Waals surface area contributed by atoms with Gasteiger partial charge in [-0.15, -0.1) is 0 Å². The highest BCUT2D eigenvalue weighted by atomic mass is 16.4. The van der Waals surface area contributed by atoms with Crippen LogP contribution in [0.3, 0.4) is 0 Å². The maximum atomic E-state index is 11.7. The number of nitrogens with one attached hydrogen (secondary N) is 1. The van der Waals surface area contributed by atoms with E-state index in [-0.39, 0.29) is 22.9 Å². The minimum atomic E-state index is -1.09. The molecule has 1 aliphatic carbocycles. The number of amides is 1. The normalized spacial score (nSPS) is 25.1. The van der Waals surface area contributed by atoms with Crippen LogP contribution in [-0.2, 0) is 9.59 Å². The van der Waals surface area contributed by atoms with Crippen molar-refractivity contribution in [1.29, 1.82) is 0 Å². The standard InChI is InChI=1S/C12H19NO3/c1-5-9(11(15)16)13-10(14)7-6-8(7)12(2,3)4/h5,7-8H,6H2,1-4H3,(H,13,14)(H,15,16)/b9-5-/t7-,8-/m1/s1. The van der Waals surface area contributed by atoms with Gasteiger partial charge in [0.15, 0.2) is 0 Å². The van der Waals surface area contributed by atoms with Crippen molar-refractivity contribution in [3.8, 4) is 0 Å². The number of aliphatic carboxylic acids is 1. The molecule has 1 saturated carbocycles. The van der Waals surface area contributed by atoms with Crippen molar-refractivity contribution in [1.82, 2.24) is 5.32 Å². The van der Waals surface area contributed by atoms with Gasteiger partial charge in [-0.1, -0.05) is 26.8 Å². The number of hydrogen-bond acceptors (Lipinski definition) is 2. The monoisotopic (exact) mass is 225 g/mol. The lowest BCUT2D eigenvalue weighted by molar-refractivity contribution is -0.135. The Bertz CT molecular complexity index is 339. The second-order valence-electron chi connectivity index (χ2n) is 5.31. The number of rotatable bonds is 3. The van der Waals surface area contributed by atoms with E-state index in [2.05, 4.69) is 26.1 Å². The summed E-state index contributed by atoms with van der Waals surface area (Å²) in [7, 11) is 0. The van der Waals surface area contributed by atoms with Gasteiger partial charge >= 0.3 is 5.97 Å². The average molecular weight is 225 g/mol. The number of carbonyl (C=O) groups is 2. The SMILES string of the molecule is C/C=C(\NC(=O)[C@@H]1C[C@H]1C(C)(C)C)C(=O)O. The minimum Gasteiger partial charge on any atom is -0.477 e. The van der Waals surface area contributed by atoms with E-state index in [1.165, 1.54) is 6.08 Å². The molecule has 0 unspecified atom stereocenters. The molecular formula is C12H19NO3. The zero-order valence-corrected chi connectivity index (χ0v) is 10.2. The molecule has 0 bridgehead atoms. The number of hydrogen-bond donors (Lipinski definition) is 2. The topological polar surface area (TPSA) is 66.4 Å². The molecule has 4 heteroatoms. The number of carboxylic acids is 1. The van der Waals surface area contributed by atoms with Gasteiger partial charge in [0.2, 0.25) is 5.91 Å². The number of carboxylic acid groups (broad SMARTS) is 1. The first kappa shape index (κ1) is 12.7. The molecule has 0 heterocycles. The summed E-state index contributed by atoms with van der Waals surface area (Å²) in [4.78, 5) is 22.4. The third kappa shape index (κ3) is 2.84. The summed E-state index contributed by atoms with van der Waals surface area (Å²) in [6.45, 7) is 7.88. The van der Waals surface area contributed by atoms with E-state index < -0.39 is 5.97 Å². The summed E-state index contributed by atoms with van der Waals surface area (Å²) in [5, 5.41) is 11.2. The quantitative estimate of drug-likeness (QED) is 0.719. The second kappa shape index (κ2) is 4.28. The maximum Gasteiger partial charge on any atom is 0.352 e. The predicted molar refractivity (Wildman–Crippen MR) is 60.6 cm³/mol. The van der Waals surface area contributed by atoms with E-state index in [9.17, 15) is 9.59 Å². The maximum absolute atomic E-state index is 11.7. The third-order valence-corrected chi connectivity index (χ3v) is 3.02. The minimum absolute atomic E-state index is 0.0331. The zero-order valence-electron chi connectivity index (χ0n) is 10.2. The number of allylic oxidation sites excluding steroid dienone is 1. The number of carbonyl (C=O) groups excluding carboxylic acids is 1. The van der Waals surface area contributed by atoms with Crippen LogP contribution in [0.4, 0.5) is 0 Å². The molecule has 2 N–H and O–H groups in total. The van der Waals surface area contributed by atoms with Crippen molar-refractivity contribution < 1.29 is 14.7 Å². The molecule has 0 saturated heterocycles. The second-order valence-corrected chi connectivity index (χ2v) is 5.31. The van der Waals surface area contributed by atoms with Crippen molar-refractivity contribution in [3.63, 3.8) is 0 Å². The molecule has 0 aromatic rings. The highest BCUT2D eigenvalue weighted by molar-refractivity contribution is 5.94. The molecule has 1 aliphatic rings. The Labute approximate surface area is 95.7 Å². The molecule has 0 radical (unpaired) electrons. The van der Waals surface area contributed by atoms with Crippen LogP contribution in [0.25, 0.3) is 0 Å². The van der Waals surface area contributed by atoms with Gasteiger partial charge in [-0.3, -0.25) is 4.79 Å². The first-order chi connectivity index (χ1) is 7.27. The van der Waals surface area contributed by atoms with E-state index in [1.54, 1.807) is 6.92 Å². The van der Waals surface area contributed by atoms with E-state index in [4.69, 9.17) is 5.11 Å². The summed E-state index contributed by atoms with van der Waals surface area (Å²) < 4.78 is 0. The zero-order chi connectivity index (χ0) is 12.5.